The molecule has 0 saturated carbocycles. The van der Waals surface area contributed by atoms with Gasteiger partial charge in [0, 0.05) is 18.6 Å². The summed E-state index contributed by atoms with van der Waals surface area (Å²) < 4.78 is 5.49. The lowest BCUT2D eigenvalue weighted by Crippen LogP contribution is -2.45. The number of hydrogen-bond donors (Lipinski definition) is 2. The summed E-state index contributed by atoms with van der Waals surface area (Å²) in [5, 5.41) is 9.17. The quantitative estimate of drug-likeness (QED) is 0.762. The van der Waals surface area contributed by atoms with Crippen LogP contribution in [0.3, 0.4) is 0 Å². The fraction of sp³-hybridized carbons (Fsp3) is 0.692. The molecule has 1 aromatic rings. The van der Waals surface area contributed by atoms with Crippen molar-refractivity contribution >= 4 is 0 Å². The Bertz CT molecular complexity index is 298. The normalized spacial score (nSPS) is 15.5. The molecular weight excluding hydrogens is 216 g/mol. The fourth-order valence-electron chi connectivity index (χ4n) is 2.14. The lowest BCUT2D eigenvalue weighted by molar-refractivity contribution is 0.0881. The maximum atomic E-state index is 9.17. The van der Waals surface area contributed by atoms with Gasteiger partial charge in [-0.05, 0) is 32.4 Å². The van der Waals surface area contributed by atoms with Gasteiger partial charge in [0.1, 0.15) is 5.76 Å². The van der Waals surface area contributed by atoms with Gasteiger partial charge in [0.25, 0.3) is 0 Å². The number of nitrogens with zero attached hydrogens (tertiary/aromatic N) is 1. The lowest BCUT2D eigenvalue weighted by atomic mass is 10.0. The Morgan fingerprint density at radius 3 is 2.59 bits per heavy atom. The third-order valence-corrected chi connectivity index (χ3v) is 3.09. The standard InChI is InChI=1S/C13H24N2O2/c1-4-11(14)13(12-6-5-9-17-12)15(7-8-16)10(2)3/h5-6,9-11,13,16H,4,7-8,14H2,1-3H3. The highest BCUT2D eigenvalue weighted by Crippen LogP contribution is 2.27. The zero-order chi connectivity index (χ0) is 12.8. The second-order valence-corrected chi connectivity index (χ2v) is 4.59. The van der Waals surface area contributed by atoms with E-state index in [0.717, 1.165) is 12.2 Å². The van der Waals surface area contributed by atoms with Crippen molar-refractivity contribution in [1.29, 1.82) is 0 Å². The van der Waals surface area contributed by atoms with Crippen molar-refractivity contribution < 1.29 is 9.52 Å². The SMILES string of the molecule is CCC(N)C(c1ccco1)N(CCO)C(C)C. The molecule has 2 unspecified atom stereocenters. The molecule has 0 radical (unpaired) electrons. The van der Waals surface area contributed by atoms with Gasteiger partial charge in [-0.25, -0.2) is 0 Å². The van der Waals surface area contributed by atoms with Gasteiger partial charge in [0.2, 0.25) is 0 Å². The van der Waals surface area contributed by atoms with Crippen molar-refractivity contribution in [2.75, 3.05) is 13.2 Å². The molecule has 0 aliphatic rings. The molecular formula is C13H24N2O2. The minimum atomic E-state index is 0.00935. The number of nitrogens with two attached hydrogens (primary N) is 1. The molecule has 0 amide bonds. The van der Waals surface area contributed by atoms with Crippen molar-refractivity contribution in [1.82, 2.24) is 4.90 Å². The molecule has 0 aliphatic heterocycles. The summed E-state index contributed by atoms with van der Waals surface area (Å²) in [6.45, 7) is 7.02. The van der Waals surface area contributed by atoms with E-state index in [0.29, 0.717) is 12.6 Å². The highest BCUT2D eigenvalue weighted by atomic mass is 16.3. The Labute approximate surface area is 103 Å². The Balaban J connectivity index is 2.95. The van der Waals surface area contributed by atoms with Crippen molar-refractivity contribution in [2.24, 2.45) is 5.73 Å². The summed E-state index contributed by atoms with van der Waals surface area (Å²) in [6, 6.07) is 4.18. The van der Waals surface area contributed by atoms with Crippen LogP contribution >= 0.6 is 0 Å². The summed E-state index contributed by atoms with van der Waals surface area (Å²) >= 11 is 0. The van der Waals surface area contributed by atoms with Crippen LogP contribution in [0.4, 0.5) is 0 Å². The number of hydrogen-bond acceptors (Lipinski definition) is 4. The molecule has 2 atom stereocenters. The number of rotatable bonds is 7. The Kier molecular flexibility index (Phi) is 5.68. The molecule has 0 aliphatic carbocycles. The number of furan rings is 1. The van der Waals surface area contributed by atoms with Gasteiger partial charge in [0.15, 0.2) is 0 Å². The molecule has 3 N–H and O–H groups in total. The molecule has 4 heteroatoms. The molecule has 0 spiro atoms. The van der Waals surface area contributed by atoms with Crippen LogP contribution in [-0.2, 0) is 0 Å². The van der Waals surface area contributed by atoms with E-state index in [4.69, 9.17) is 10.2 Å². The second kappa shape index (κ2) is 6.79. The van der Waals surface area contributed by atoms with Crippen molar-refractivity contribution in [3.63, 3.8) is 0 Å². The molecule has 17 heavy (non-hydrogen) atoms. The predicted molar refractivity (Wildman–Crippen MR) is 68.6 cm³/mol. The topological polar surface area (TPSA) is 62.6 Å². The van der Waals surface area contributed by atoms with Gasteiger partial charge in [0.05, 0.1) is 18.9 Å². The van der Waals surface area contributed by atoms with Crippen LogP contribution in [0.1, 0.15) is 39.0 Å². The lowest BCUT2D eigenvalue weighted by Gasteiger charge is -2.36. The average molecular weight is 240 g/mol. The molecule has 0 fully saturated rings. The van der Waals surface area contributed by atoms with Gasteiger partial charge in [-0.3, -0.25) is 4.90 Å². The van der Waals surface area contributed by atoms with E-state index in [-0.39, 0.29) is 18.7 Å². The van der Waals surface area contributed by atoms with Gasteiger partial charge in [-0.15, -0.1) is 0 Å². The smallest absolute Gasteiger partial charge is 0.122 e. The molecule has 4 nitrogen and oxygen atoms in total. The molecule has 0 saturated heterocycles. The van der Waals surface area contributed by atoms with E-state index in [2.05, 4.69) is 25.7 Å². The summed E-state index contributed by atoms with van der Waals surface area (Å²) in [5.41, 5.74) is 6.19. The van der Waals surface area contributed by atoms with E-state index >= 15 is 0 Å². The molecule has 0 bridgehead atoms. The van der Waals surface area contributed by atoms with E-state index in [1.165, 1.54) is 0 Å². The van der Waals surface area contributed by atoms with Gasteiger partial charge in [-0.2, -0.15) is 0 Å². The molecule has 1 rings (SSSR count). The zero-order valence-corrected chi connectivity index (χ0v) is 11.0. The van der Waals surface area contributed by atoms with E-state index < -0.39 is 0 Å². The van der Waals surface area contributed by atoms with Crippen molar-refractivity contribution in [3.05, 3.63) is 24.2 Å². The third kappa shape index (κ3) is 3.56. The summed E-state index contributed by atoms with van der Waals surface area (Å²) in [6.07, 6.45) is 2.54. The number of aliphatic hydroxyl groups is 1. The highest BCUT2D eigenvalue weighted by molar-refractivity contribution is 5.08. The maximum Gasteiger partial charge on any atom is 0.122 e. The Hall–Kier alpha value is -0.840. The Morgan fingerprint density at radius 2 is 2.18 bits per heavy atom. The molecule has 0 aromatic carbocycles. The van der Waals surface area contributed by atoms with Gasteiger partial charge >= 0.3 is 0 Å². The van der Waals surface area contributed by atoms with E-state index in [1.54, 1.807) is 6.26 Å². The molecule has 1 heterocycles. The minimum absolute atomic E-state index is 0.00935. The maximum absolute atomic E-state index is 9.17. The third-order valence-electron chi connectivity index (χ3n) is 3.09. The van der Waals surface area contributed by atoms with Crippen LogP contribution in [0.2, 0.25) is 0 Å². The monoisotopic (exact) mass is 240 g/mol. The second-order valence-electron chi connectivity index (χ2n) is 4.59. The van der Waals surface area contributed by atoms with Crippen molar-refractivity contribution in [3.8, 4) is 0 Å². The fourth-order valence-corrected chi connectivity index (χ4v) is 2.14. The average Bonchev–Trinajstić information content (AvgIpc) is 2.81. The van der Waals surface area contributed by atoms with E-state index in [9.17, 15) is 5.11 Å². The largest absolute Gasteiger partial charge is 0.468 e. The molecule has 98 valence electrons. The van der Waals surface area contributed by atoms with Crippen LogP contribution in [0.25, 0.3) is 0 Å². The summed E-state index contributed by atoms with van der Waals surface area (Å²) in [4.78, 5) is 2.19. The Morgan fingerprint density at radius 1 is 1.47 bits per heavy atom. The highest BCUT2D eigenvalue weighted by Gasteiger charge is 2.29. The first kappa shape index (κ1) is 14.2. The minimum Gasteiger partial charge on any atom is -0.468 e. The summed E-state index contributed by atoms with van der Waals surface area (Å²) in [7, 11) is 0. The number of aliphatic hydroxyl groups excluding tert-OH is 1. The van der Waals surface area contributed by atoms with Crippen LogP contribution in [-0.4, -0.2) is 35.2 Å². The van der Waals surface area contributed by atoms with Crippen LogP contribution in [0, 0.1) is 0 Å². The van der Waals surface area contributed by atoms with Gasteiger partial charge < -0.3 is 15.3 Å². The van der Waals surface area contributed by atoms with E-state index in [1.807, 2.05) is 12.1 Å². The van der Waals surface area contributed by atoms with Crippen molar-refractivity contribution in [2.45, 2.75) is 45.3 Å². The summed E-state index contributed by atoms with van der Waals surface area (Å²) in [5.74, 6) is 0.876. The molecule has 1 aromatic heterocycles. The van der Waals surface area contributed by atoms with Gasteiger partial charge in [-0.1, -0.05) is 6.92 Å². The first-order valence-corrected chi connectivity index (χ1v) is 6.27. The zero-order valence-electron chi connectivity index (χ0n) is 11.0. The first-order valence-electron chi connectivity index (χ1n) is 6.27. The first-order chi connectivity index (χ1) is 8.11. The van der Waals surface area contributed by atoms with Crippen LogP contribution in [0.15, 0.2) is 22.8 Å². The van der Waals surface area contributed by atoms with Crippen LogP contribution in [0.5, 0.6) is 0 Å². The van der Waals surface area contributed by atoms with Crippen LogP contribution < -0.4 is 5.73 Å². The predicted octanol–water partition coefficient (Wildman–Crippen LogP) is 1.76.